The Morgan fingerprint density at radius 1 is 1.32 bits per heavy atom. The minimum absolute atomic E-state index is 0.0992. The number of carbonyl (C=O) groups excluding carboxylic acids is 1. The second-order valence-corrected chi connectivity index (χ2v) is 6.31. The molecule has 1 rings (SSSR count). The molecule has 10 heteroatoms. The first kappa shape index (κ1) is 20.7. The van der Waals surface area contributed by atoms with Crippen molar-refractivity contribution in [2.75, 3.05) is 6.54 Å². The number of nitro groups is 1. The molecule has 0 fully saturated rings. The molecule has 0 heterocycles. The number of benzene rings is 1. The van der Waals surface area contributed by atoms with Crippen LogP contribution in [0.5, 0.6) is 0 Å². The zero-order valence-corrected chi connectivity index (χ0v) is 14.0. The highest BCUT2D eigenvalue weighted by Gasteiger charge is 2.27. The molecule has 25 heavy (non-hydrogen) atoms. The standard InChI is InChI=1S/C15H20F2N2O6/c1-15(2,3)25-14(22)18-5-4-12(20)13(21)8-6-11(19(23)24)10(17)7-9(8)16/h6-7,12-13,20-21H,4-5H2,1-3H3,(H,18,22). The van der Waals surface area contributed by atoms with Gasteiger partial charge in [-0.3, -0.25) is 10.1 Å². The van der Waals surface area contributed by atoms with Crippen LogP contribution in [0.25, 0.3) is 0 Å². The van der Waals surface area contributed by atoms with Gasteiger partial charge in [0.1, 0.15) is 17.5 Å². The van der Waals surface area contributed by atoms with Crippen molar-refractivity contribution in [1.82, 2.24) is 5.32 Å². The van der Waals surface area contributed by atoms with E-state index in [1.165, 1.54) is 0 Å². The third kappa shape index (κ3) is 6.24. The van der Waals surface area contributed by atoms with E-state index >= 15 is 0 Å². The summed E-state index contributed by atoms with van der Waals surface area (Å²) in [5.74, 6) is -2.62. The molecule has 140 valence electrons. The van der Waals surface area contributed by atoms with Gasteiger partial charge in [-0.1, -0.05) is 0 Å². The molecule has 3 N–H and O–H groups in total. The average molecular weight is 362 g/mol. The molecule has 0 aliphatic heterocycles. The van der Waals surface area contributed by atoms with Gasteiger partial charge in [-0.05, 0) is 27.2 Å². The summed E-state index contributed by atoms with van der Waals surface area (Å²) < 4.78 is 32.0. The molecule has 0 spiro atoms. The molecule has 0 saturated carbocycles. The van der Waals surface area contributed by atoms with Gasteiger partial charge in [0.05, 0.1) is 11.0 Å². The van der Waals surface area contributed by atoms with Gasteiger partial charge in [0.2, 0.25) is 5.82 Å². The Morgan fingerprint density at radius 2 is 1.92 bits per heavy atom. The van der Waals surface area contributed by atoms with Gasteiger partial charge in [0.15, 0.2) is 0 Å². The first-order chi connectivity index (χ1) is 11.4. The first-order valence-electron chi connectivity index (χ1n) is 7.38. The van der Waals surface area contributed by atoms with E-state index in [0.29, 0.717) is 6.07 Å². The fraction of sp³-hybridized carbons (Fsp3) is 0.533. The maximum Gasteiger partial charge on any atom is 0.407 e. The van der Waals surface area contributed by atoms with Crippen LogP contribution in [0.4, 0.5) is 19.3 Å². The van der Waals surface area contributed by atoms with Gasteiger partial charge < -0.3 is 20.3 Å². The number of nitrogens with one attached hydrogen (secondary N) is 1. The Labute approximate surface area is 142 Å². The summed E-state index contributed by atoms with van der Waals surface area (Å²) in [7, 11) is 0. The van der Waals surface area contributed by atoms with Crippen molar-refractivity contribution < 1.29 is 33.4 Å². The van der Waals surface area contributed by atoms with Gasteiger partial charge in [0, 0.05) is 24.2 Å². The second kappa shape index (κ2) is 8.17. The molecule has 0 aromatic heterocycles. The topological polar surface area (TPSA) is 122 Å². The molecular weight excluding hydrogens is 342 g/mol. The predicted molar refractivity (Wildman–Crippen MR) is 82.8 cm³/mol. The van der Waals surface area contributed by atoms with Gasteiger partial charge in [-0.25, -0.2) is 9.18 Å². The first-order valence-corrected chi connectivity index (χ1v) is 7.38. The number of aliphatic hydroxyl groups excluding tert-OH is 2. The molecule has 2 unspecified atom stereocenters. The van der Waals surface area contributed by atoms with Gasteiger partial charge in [0.25, 0.3) is 0 Å². The molecule has 1 aromatic carbocycles. The zero-order chi connectivity index (χ0) is 19.4. The van der Waals surface area contributed by atoms with Crippen molar-refractivity contribution >= 4 is 11.8 Å². The Bertz CT molecular complexity index is 648. The summed E-state index contributed by atoms with van der Waals surface area (Å²) >= 11 is 0. The monoisotopic (exact) mass is 362 g/mol. The van der Waals surface area contributed by atoms with E-state index in [9.17, 15) is 33.9 Å². The zero-order valence-electron chi connectivity index (χ0n) is 14.0. The number of amides is 1. The number of ether oxygens (including phenoxy) is 1. The predicted octanol–water partition coefficient (Wildman–Crippen LogP) is 2.18. The lowest BCUT2D eigenvalue weighted by Crippen LogP contribution is -2.34. The number of nitro benzene ring substituents is 1. The summed E-state index contributed by atoms with van der Waals surface area (Å²) in [6.07, 6.45) is -4.31. The molecular formula is C15H20F2N2O6. The quantitative estimate of drug-likeness (QED) is 0.527. The van der Waals surface area contributed by atoms with E-state index in [4.69, 9.17) is 4.74 Å². The van der Waals surface area contributed by atoms with Gasteiger partial charge in [-0.2, -0.15) is 4.39 Å². The van der Waals surface area contributed by atoms with Crippen LogP contribution < -0.4 is 5.32 Å². The molecule has 0 bridgehead atoms. The fourth-order valence-corrected chi connectivity index (χ4v) is 1.92. The van der Waals surface area contributed by atoms with E-state index in [-0.39, 0.29) is 19.0 Å². The fourth-order valence-electron chi connectivity index (χ4n) is 1.92. The van der Waals surface area contributed by atoms with Gasteiger partial charge in [-0.15, -0.1) is 0 Å². The lowest BCUT2D eigenvalue weighted by molar-refractivity contribution is -0.387. The van der Waals surface area contributed by atoms with Crippen molar-refractivity contribution in [2.45, 2.75) is 45.0 Å². The molecule has 1 aromatic rings. The van der Waals surface area contributed by atoms with Crippen molar-refractivity contribution in [1.29, 1.82) is 0 Å². The lowest BCUT2D eigenvalue weighted by Gasteiger charge is -2.21. The van der Waals surface area contributed by atoms with E-state index in [1.54, 1.807) is 20.8 Å². The van der Waals surface area contributed by atoms with Crippen molar-refractivity contribution in [3.63, 3.8) is 0 Å². The summed E-state index contributed by atoms with van der Waals surface area (Å²) in [4.78, 5) is 21.0. The Morgan fingerprint density at radius 3 is 2.44 bits per heavy atom. The van der Waals surface area contributed by atoms with Crippen molar-refractivity contribution in [2.24, 2.45) is 0 Å². The largest absolute Gasteiger partial charge is 0.444 e. The number of rotatable bonds is 6. The number of alkyl carbamates (subject to hydrolysis) is 1. The number of hydrogen-bond donors (Lipinski definition) is 3. The Balaban J connectivity index is 2.71. The summed E-state index contributed by atoms with van der Waals surface area (Å²) in [6, 6.07) is 0.794. The number of hydrogen-bond acceptors (Lipinski definition) is 6. The van der Waals surface area contributed by atoms with Crippen LogP contribution in [0.2, 0.25) is 0 Å². The van der Waals surface area contributed by atoms with E-state index < -0.39 is 51.7 Å². The Hall–Kier alpha value is -2.33. The molecule has 2 atom stereocenters. The van der Waals surface area contributed by atoms with Crippen LogP contribution in [0, 0.1) is 21.7 Å². The van der Waals surface area contributed by atoms with Crippen LogP contribution in [-0.2, 0) is 4.74 Å². The van der Waals surface area contributed by atoms with Crippen LogP contribution >= 0.6 is 0 Å². The minimum Gasteiger partial charge on any atom is -0.444 e. The summed E-state index contributed by atoms with van der Waals surface area (Å²) in [5.41, 5.74) is -2.34. The second-order valence-electron chi connectivity index (χ2n) is 6.31. The normalized spacial score (nSPS) is 13.9. The number of aliphatic hydroxyl groups is 2. The minimum atomic E-state index is -1.83. The molecule has 0 radical (unpaired) electrons. The maximum absolute atomic E-state index is 13.7. The number of halogens is 2. The van der Waals surface area contributed by atoms with Crippen LogP contribution in [0.1, 0.15) is 38.9 Å². The average Bonchev–Trinajstić information content (AvgIpc) is 2.44. The highest BCUT2D eigenvalue weighted by atomic mass is 19.1. The van der Waals surface area contributed by atoms with Crippen molar-refractivity contribution in [3.8, 4) is 0 Å². The van der Waals surface area contributed by atoms with E-state index in [1.807, 2.05) is 0 Å². The lowest BCUT2D eigenvalue weighted by atomic mass is 10.0. The molecule has 0 aliphatic rings. The van der Waals surface area contributed by atoms with Crippen LogP contribution in [0.15, 0.2) is 12.1 Å². The summed E-state index contributed by atoms with van der Waals surface area (Å²) in [5, 5.41) is 32.8. The summed E-state index contributed by atoms with van der Waals surface area (Å²) in [6.45, 7) is 4.89. The molecule has 0 aliphatic carbocycles. The number of carbonyl (C=O) groups is 1. The maximum atomic E-state index is 13.7. The van der Waals surface area contributed by atoms with E-state index in [0.717, 1.165) is 0 Å². The molecule has 1 amide bonds. The molecule has 8 nitrogen and oxygen atoms in total. The third-order valence-corrected chi connectivity index (χ3v) is 3.05. The number of nitrogens with zero attached hydrogens (tertiary/aromatic N) is 1. The van der Waals surface area contributed by atoms with Crippen LogP contribution in [0.3, 0.4) is 0 Å². The highest BCUT2D eigenvalue weighted by molar-refractivity contribution is 5.67. The van der Waals surface area contributed by atoms with Crippen molar-refractivity contribution in [3.05, 3.63) is 39.4 Å². The smallest absolute Gasteiger partial charge is 0.407 e. The highest BCUT2D eigenvalue weighted by Crippen LogP contribution is 2.28. The Kier molecular flexibility index (Phi) is 6.77. The van der Waals surface area contributed by atoms with Crippen LogP contribution in [-0.4, -0.2) is 39.5 Å². The molecule has 0 saturated heterocycles. The van der Waals surface area contributed by atoms with E-state index in [2.05, 4.69) is 5.32 Å². The third-order valence-electron chi connectivity index (χ3n) is 3.05. The SMILES string of the molecule is CC(C)(C)OC(=O)NCCC(O)C(O)c1cc([N+](=O)[O-])c(F)cc1F. The van der Waals surface area contributed by atoms with Gasteiger partial charge >= 0.3 is 11.8 Å².